The molecule has 0 aromatic carbocycles. The minimum atomic E-state index is -5.61. The fraction of sp³-hybridized carbons (Fsp3) is 0.889. The van der Waals surface area contributed by atoms with E-state index in [1.165, 1.54) is 89.9 Å². The van der Waals surface area contributed by atoms with Crippen LogP contribution in [0.2, 0.25) is 0 Å². The Morgan fingerprint density at radius 2 is 0.923 bits per heavy atom. The summed E-state index contributed by atoms with van der Waals surface area (Å²) in [7, 11) is -5.61. The fourth-order valence-electron chi connectivity index (χ4n) is 2.39. The molecule has 8 heteroatoms. The minimum absolute atomic E-state index is 0. The first-order valence-electron chi connectivity index (χ1n) is 9.58. The molecule has 0 rings (SSSR count). The van der Waals surface area contributed by atoms with Gasteiger partial charge in [0.2, 0.25) is 0 Å². The van der Waals surface area contributed by atoms with E-state index in [0.29, 0.717) is 0 Å². The molecule has 0 saturated heterocycles. The Bertz CT molecular complexity index is 262. The molecule has 0 aromatic heterocycles. The van der Waals surface area contributed by atoms with E-state index in [1.54, 1.807) is 0 Å². The van der Waals surface area contributed by atoms with Crippen LogP contribution in [-0.2, 0) is 0 Å². The summed E-state index contributed by atoms with van der Waals surface area (Å²) in [6.07, 6.45) is 23.9. The molecule has 0 bridgehead atoms. The van der Waals surface area contributed by atoms with E-state index < -0.39 is 9.05 Å². The minimum Gasteiger partial charge on any atom is -0.894 e. The maximum absolute atomic E-state index is 8.58. The van der Waals surface area contributed by atoms with Crippen LogP contribution in [-0.4, -0.2) is 61.7 Å². The summed E-state index contributed by atoms with van der Waals surface area (Å²) in [5.41, 5.74) is 5.47. The Morgan fingerprint density at radius 1 is 0.615 bits per heavy atom. The van der Waals surface area contributed by atoms with Gasteiger partial charge in [-0.15, -0.1) is 0 Å². The number of unbranched alkanes of at least 4 members (excludes halogenated alkanes) is 12. The van der Waals surface area contributed by atoms with Gasteiger partial charge < -0.3 is 34.0 Å². The van der Waals surface area contributed by atoms with Crippen LogP contribution in [0.25, 0.3) is 0 Å². The summed E-state index contributed by atoms with van der Waals surface area (Å²) in [6.45, 7) is 3.14. The third kappa shape index (κ3) is 49.9. The van der Waals surface area contributed by atoms with E-state index in [0.717, 1.165) is 6.54 Å². The third-order valence-electron chi connectivity index (χ3n) is 3.72. The molecule has 146 valence electrons. The molecule has 0 aliphatic rings. The molecule has 0 aliphatic carbocycles. The van der Waals surface area contributed by atoms with Gasteiger partial charge in [-0.3, -0.25) is 0 Å². The van der Waals surface area contributed by atoms with Crippen molar-refractivity contribution in [2.24, 2.45) is 5.73 Å². The molecule has 2 N–H and O–H groups in total. The van der Waals surface area contributed by atoms with Crippen LogP contribution < -0.4 is 24.9 Å². The van der Waals surface area contributed by atoms with Crippen LogP contribution in [0.15, 0.2) is 12.2 Å². The van der Waals surface area contributed by atoms with Crippen molar-refractivity contribution >= 4 is 55.2 Å². The topological polar surface area (TPSA) is 118 Å². The fourth-order valence-corrected chi connectivity index (χ4v) is 2.39. The molecule has 0 atom stereocenters. The zero-order valence-corrected chi connectivity index (χ0v) is 20.7. The molecule has 0 saturated carbocycles. The van der Waals surface area contributed by atoms with Crippen molar-refractivity contribution in [1.82, 2.24) is 0 Å². The van der Waals surface area contributed by atoms with Gasteiger partial charge in [0.1, 0.15) is 0 Å². The molecule has 0 aromatic rings. The standard InChI is InChI=1S/C18H37N.2Mg.O4Si/c1-2-3-4-5-6-7-8-9-10-11-12-13-14-15-16-17-18-19;;;1-5(2,3)4/h9-10H,2-8,11-19H2,1H3;;;/q;2*+2;-4/b10-9-;;;. The Labute approximate surface area is 194 Å². The van der Waals surface area contributed by atoms with E-state index in [9.17, 15) is 0 Å². The molecule has 0 unspecified atom stereocenters. The first-order valence-corrected chi connectivity index (χ1v) is 11.2. The van der Waals surface area contributed by atoms with Crippen molar-refractivity contribution in [3.63, 3.8) is 0 Å². The van der Waals surface area contributed by atoms with Gasteiger partial charge in [0.05, 0.1) is 0 Å². The van der Waals surface area contributed by atoms with Gasteiger partial charge in [-0.2, -0.15) is 0 Å². The summed E-state index contributed by atoms with van der Waals surface area (Å²) >= 11 is 0. The van der Waals surface area contributed by atoms with Crippen molar-refractivity contribution in [3.05, 3.63) is 12.2 Å². The van der Waals surface area contributed by atoms with Crippen LogP contribution in [0.1, 0.15) is 96.8 Å². The van der Waals surface area contributed by atoms with Crippen molar-refractivity contribution in [2.75, 3.05) is 6.54 Å². The van der Waals surface area contributed by atoms with E-state index in [4.69, 9.17) is 24.9 Å². The summed E-state index contributed by atoms with van der Waals surface area (Å²) in [5.74, 6) is 0. The molecular formula is C18H37Mg2NO4Si. The summed E-state index contributed by atoms with van der Waals surface area (Å²) in [6, 6.07) is 0. The van der Waals surface area contributed by atoms with Crippen LogP contribution in [0, 0.1) is 0 Å². The largest absolute Gasteiger partial charge is 2.00 e. The van der Waals surface area contributed by atoms with Crippen LogP contribution >= 0.6 is 0 Å². The smallest absolute Gasteiger partial charge is 0.894 e. The van der Waals surface area contributed by atoms with Gasteiger partial charge in [-0.1, -0.05) is 76.9 Å². The van der Waals surface area contributed by atoms with Gasteiger partial charge in [-0.25, -0.2) is 0 Å². The van der Waals surface area contributed by atoms with Crippen LogP contribution in [0.5, 0.6) is 0 Å². The molecule has 0 fully saturated rings. The first-order chi connectivity index (χ1) is 11.4. The Kier molecular flexibility index (Phi) is 38.1. The quantitative estimate of drug-likeness (QED) is 0.234. The summed E-state index contributed by atoms with van der Waals surface area (Å²) < 4.78 is 0. The van der Waals surface area contributed by atoms with Crippen molar-refractivity contribution in [3.8, 4) is 0 Å². The second kappa shape index (κ2) is 28.5. The van der Waals surface area contributed by atoms with Gasteiger partial charge in [0, 0.05) is 0 Å². The predicted octanol–water partition coefficient (Wildman–Crippen LogP) is 0.0842. The number of hydrogen-bond acceptors (Lipinski definition) is 5. The van der Waals surface area contributed by atoms with Crippen molar-refractivity contribution in [2.45, 2.75) is 96.8 Å². The van der Waals surface area contributed by atoms with Gasteiger partial charge in [-0.05, 0) is 38.6 Å². The zero-order chi connectivity index (χ0) is 18.5. The molecule has 0 aliphatic heterocycles. The average molecular weight is 408 g/mol. The van der Waals surface area contributed by atoms with Crippen LogP contribution in [0.3, 0.4) is 0 Å². The SMILES string of the molecule is CCCCCCCC/C=C\CCCCCCCCN.[Mg+2].[Mg+2].[O-][Si]([O-])([O-])[O-]. The Balaban J connectivity index is -0.000000304. The van der Waals surface area contributed by atoms with E-state index in [2.05, 4.69) is 19.1 Å². The normalized spacial score (nSPS) is 10.7. The maximum atomic E-state index is 8.58. The number of nitrogens with two attached hydrogens (primary N) is 1. The Hall–Kier alpha value is 1.29. The molecule has 5 nitrogen and oxygen atoms in total. The molecule has 0 heterocycles. The molecule has 0 radical (unpaired) electrons. The average Bonchev–Trinajstić information content (AvgIpc) is 2.49. The molecule has 26 heavy (non-hydrogen) atoms. The second-order valence-electron chi connectivity index (χ2n) is 6.23. The van der Waals surface area contributed by atoms with Crippen molar-refractivity contribution < 1.29 is 19.2 Å². The number of allylic oxidation sites excluding steroid dienone is 2. The van der Waals surface area contributed by atoms with Crippen LogP contribution in [0.4, 0.5) is 0 Å². The summed E-state index contributed by atoms with van der Waals surface area (Å²) in [5, 5.41) is 0. The zero-order valence-electron chi connectivity index (χ0n) is 16.9. The van der Waals surface area contributed by atoms with E-state index >= 15 is 0 Å². The number of rotatable bonds is 15. The monoisotopic (exact) mass is 407 g/mol. The van der Waals surface area contributed by atoms with E-state index in [1.807, 2.05) is 0 Å². The first kappa shape index (κ1) is 34.8. The second-order valence-corrected chi connectivity index (χ2v) is 7.23. The number of hydrogen-bond donors (Lipinski definition) is 1. The van der Waals surface area contributed by atoms with Crippen molar-refractivity contribution in [1.29, 1.82) is 0 Å². The third-order valence-corrected chi connectivity index (χ3v) is 3.72. The van der Waals surface area contributed by atoms with Gasteiger partial charge in [0.25, 0.3) is 0 Å². The summed E-state index contributed by atoms with van der Waals surface area (Å²) in [4.78, 5) is 34.3. The molecule has 0 spiro atoms. The Morgan fingerprint density at radius 3 is 1.27 bits per heavy atom. The predicted molar refractivity (Wildman–Crippen MR) is 106 cm³/mol. The van der Waals surface area contributed by atoms with E-state index in [-0.39, 0.29) is 46.1 Å². The van der Waals surface area contributed by atoms with Gasteiger partial charge >= 0.3 is 46.1 Å². The maximum Gasteiger partial charge on any atom is 2.00 e. The molecular weight excluding hydrogens is 371 g/mol. The molecule has 0 amide bonds. The van der Waals surface area contributed by atoms with Gasteiger partial charge in [0.15, 0.2) is 0 Å².